The Morgan fingerprint density at radius 3 is 2.52 bits per heavy atom. The Hall–Kier alpha value is -1.82. The minimum Gasteiger partial charge on any atom is -0.266 e. The van der Waals surface area contributed by atoms with Gasteiger partial charge in [-0.2, -0.15) is 9.78 Å². The van der Waals surface area contributed by atoms with E-state index in [-0.39, 0.29) is 10.0 Å². The van der Waals surface area contributed by atoms with E-state index in [4.69, 9.17) is 23.2 Å². The maximum atomic E-state index is 13.2. The van der Waals surface area contributed by atoms with Gasteiger partial charge in [0.05, 0.1) is 21.8 Å². The standard InChI is InChI=1S/C16H9Cl2FN2OS/c17-12-8-11(6-7-13(12)19)23-14-9-20-21(16(22)15(14)18)10-4-2-1-3-5-10/h1-9H. The number of hydrogen-bond donors (Lipinski definition) is 0. The van der Waals surface area contributed by atoms with Gasteiger partial charge in [-0.3, -0.25) is 4.79 Å². The van der Waals surface area contributed by atoms with E-state index in [2.05, 4.69) is 5.10 Å². The van der Waals surface area contributed by atoms with Crippen LogP contribution in [0.3, 0.4) is 0 Å². The number of benzene rings is 2. The predicted molar refractivity (Wildman–Crippen MR) is 90.4 cm³/mol. The van der Waals surface area contributed by atoms with Crippen LogP contribution in [0.1, 0.15) is 0 Å². The highest BCUT2D eigenvalue weighted by Crippen LogP contribution is 2.33. The summed E-state index contributed by atoms with van der Waals surface area (Å²) in [7, 11) is 0. The second-order valence-electron chi connectivity index (χ2n) is 4.55. The summed E-state index contributed by atoms with van der Waals surface area (Å²) >= 11 is 13.1. The molecule has 3 nitrogen and oxygen atoms in total. The van der Waals surface area contributed by atoms with Crippen molar-refractivity contribution < 1.29 is 4.39 Å². The second-order valence-corrected chi connectivity index (χ2v) is 6.45. The van der Waals surface area contributed by atoms with E-state index < -0.39 is 11.4 Å². The molecule has 0 fully saturated rings. The van der Waals surface area contributed by atoms with Gasteiger partial charge in [0.15, 0.2) is 0 Å². The molecule has 0 spiro atoms. The predicted octanol–water partition coefficient (Wildman–Crippen LogP) is 4.83. The molecule has 23 heavy (non-hydrogen) atoms. The summed E-state index contributed by atoms with van der Waals surface area (Å²) in [6.07, 6.45) is 1.50. The summed E-state index contributed by atoms with van der Waals surface area (Å²) in [4.78, 5) is 13.5. The van der Waals surface area contributed by atoms with E-state index in [0.717, 1.165) is 0 Å². The van der Waals surface area contributed by atoms with Crippen molar-refractivity contribution in [2.24, 2.45) is 0 Å². The first-order valence-electron chi connectivity index (χ1n) is 6.52. The molecule has 0 bridgehead atoms. The lowest BCUT2D eigenvalue weighted by Crippen LogP contribution is -2.21. The van der Waals surface area contributed by atoms with E-state index in [0.29, 0.717) is 15.5 Å². The maximum absolute atomic E-state index is 13.2. The van der Waals surface area contributed by atoms with Gasteiger partial charge in [0.1, 0.15) is 10.8 Å². The van der Waals surface area contributed by atoms with Crippen LogP contribution in [0.5, 0.6) is 0 Å². The fraction of sp³-hybridized carbons (Fsp3) is 0. The Kier molecular flexibility index (Phi) is 4.71. The third kappa shape index (κ3) is 3.42. The van der Waals surface area contributed by atoms with E-state index >= 15 is 0 Å². The van der Waals surface area contributed by atoms with Crippen LogP contribution in [0.15, 0.2) is 69.3 Å². The lowest BCUT2D eigenvalue weighted by molar-refractivity contribution is 0.627. The SMILES string of the molecule is O=c1c(Cl)c(Sc2ccc(F)c(Cl)c2)cnn1-c1ccccc1. The molecule has 116 valence electrons. The molecule has 0 unspecified atom stereocenters. The van der Waals surface area contributed by atoms with Crippen LogP contribution in [0, 0.1) is 5.82 Å². The first-order valence-corrected chi connectivity index (χ1v) is 8.09. The van der Waals surface area contributed by atoms with Gasteiger partial charge in [0.2, 0.25) is 0 Å². The van der Waals surface area contributed by atoms with E-state index in [1.54, 1.807) is 30.3 Å². The van der Waals surface area contributed by atoms with E-state index in [1.165, 1.54) is 34.8 Å². The van der Waals surface area contributed by atoms with Gasteiger partial charge in [0.25, 0.3) is 5.56 Å². The number of nitrogens with zero attached hydrogens (tertiary/aromatic N) is 2. The molecule has 1 aromatic heterocycles. The summed E-state index contributed by atoms with van der Waals surface area (Å²) in [5.74, 6) is -0.500. The molecule has 3 rings (SSSR count). The average molecular weight is 367 g/mol. The van der Waals surface area contributed by atoms with Crippen LogP contribution >= 0.6 is 35.0 Å². The van der Waals surface area contributed by atoms with Crippen molar-refractivity contribution in [1.82, 2.24) is 9.78 Å². The summed E-state index contributed by atoms with van der Waals surface area (Å²) in [5, 5.41) is 4.20. The molecule has 1 heterocycles. The summed E-state index contributed by atoms with van der Waals surface area (Å²) in [6.45, 7) is 0. The smallest absolute Gasteiger partial charge is 0.266 e. The molecule has 0 saturated heterocycles. The topological polar surface area (TPSA) is 34.9 Å². The minimum absolute atomic E-state index is 0.0108. The summed E-state index contributed by atoms with van der Waals surface area (Å²) in [6, 6.07) is 13.3. The number of rotatable bonds is 3. The Labute approximate surface area is 145 Å². The lowest BCUT2D eigenvalue weighted by atomic mass is 10.3. The largest absolute Gasteiger partial charge is 0.291 e. The molecule has 3 aromatic rings. The van der Waals surface area contributed by atoms with Crippen LogP contribution in [0.4, 0.5) is 4.39 Å². The first kappa shape index (κ1) is 16.1. The van der Waals surface area contributed by atoms with Gasteiger partial charge in [-0.1, -0.05) is 53.2 Å². The molecule has 0 saturated carbocycles. The van der Waals surface area contributed by atoms with Crippen LogP contribution in [-0.4, -0.2) is 9.78 Å². The Bertz CT molecular complexity index is 916. The van der Waals surface area contributed by atoms with Crippen LogP contribution in [0.25, 0.3) is 5.69 Å². The number of halogens is 3. The molecular weight excluding hydrogens is 358 g/mol. The van der Waals surface area contributed by atoms with E-state index in [9.17, 15) is 9.18 Å². The maximum Gasteiger partial charge on any atom is 0.291 e. The van der Waals surface area contributed by atoms with Crippen molar-refractivity contribution in [1.29, 1.82) is 0 Å². The third-order valence-corrected chi connectivity index (χ3v) is 4.79. The van der Waals surface area contributed by atoms with Crippen LogP contribution < -0.4 is 5.56 Å². The fourth-order valence-corrected chi connectivity index (χ4v) is 3.24. The normalized spacial score (nSPS) is 10.7. The highest BCUT2D eigenvalue weighted by atomic mass is 35.5. The summed E-state index contributed by atoms with van der Waals surface area (Å²) in [5.41, 5.74) is 0.205. The number of para-hydroxylation sites is 1. The van der Waals surface area contributed by atoms with Gasteiger partial charge in [-0.15, -0.1) is 0 Å². The molecule has 0 radical (unpaired) electrons. The molecular formula is C16H9Cl2FN2OS. The van der Waals surface area contributed by atoms with Gasteiger partial charge in [0, 0.05) is 4.90 Å². The minimum atomic E-state index is -0.500. The van der Waals surface area contributed by atoms with Gasteiger partial charge >= 0.3 is 0 Å². The summed E-state index contributed by atoms with van der Waals surface area (Å²) < 4.78 is 14.4. The molecule has 0 N–H and O–H groups in total. The molecule has 0 amide bonds. The van der Waals surface area contributed by atoms with Crippen molar-refractivity contribution in [3.8, 4) is 5.69 Å². The highest BCUT2D eigenvalue weighted by Gasteiger charge is 2.12. The third-order valence-electron chi connectivity index (χ3n) is 3.01. The quantitative estimate of drug-likeness (QED) is 0.665. The van der Waals surface area contributed by atoms with Crippen LogP contribution in [-0.2, 0) is 0 Å². The van der Waals surface area contributed by atoms with Crippen molar-refractivity contribution in [2.75, 3.05) is 0 Å². The Morgan fingerprint density at radius 1 is 1.09 bits per heavy atom. The van der Waals surface area contributed by atoms with Crippen molar-refractivity contribution in [2.45, 2.75) is 9.79 Å². The molecule has 0 aliphatic rings. The average Bonchev–Trinajstić information content (AvgIpc) is 2.56. The number of hydrogen-bond acceptors (Lipinski definition) is 3. The zero-order chi connectivity index (χ0) is 16.4. The van der Waals surface area contributed by atoms with Gasteiger partial charge < -0.3 is 0 Å². The molecule has 7 heteroatoms. The van der Waals surface area contributed by atoms with E-state index in [1.807, 2.05) is 6.07 Å². The fourth-order valence-electron chi connectivity index (χ4n) is 1.91. The van der Waals surface area contributed by atoms with Gasteiger partial charge in [-0.05, 0) is 30.3 Å². The second kappa shape index (κ2) is 6.74. The van der Waals surface area contributed by atoms with Crippen molar-refractivity contribution in [3.63, 3.8) is 0 Å². The van der Waals surface area contributed by atoms with Crippen LogP contribution in [0.2, 0.25) is 10.0 Å². The first-order chi connectivity index (χ1) is 11.1. The lowest BCUT2D eigenvalue weighted by Gasteiger charge is -2.08. The van der Waals surface area contributed by atoms with Crippen molar-refractivity contribution >= 4 is 35.0 Å². The zero-order valence-corrected chi connectivity index (χ0v) is 13.9. The molecule has 2 aromatic carbocycles. The van der Waals surface area contributed by atoms with Gasteiger partial charge in [-0.25, -0.2) is 4.39 Å². The molecule has 0 aliphatic carbocycles. The highest BCUT2D eigenvalue weighted by molar-refractivity contribution is 7.99. The Morgan fingerprint density at radius 2 is 1.83 bits per heavy atom. The Balaban J connectivity index is 1.97. The number of aromatic nitrogens is 2. The van der Waals surface area contributed by atoms with Crippen molar-refractivity contribution in [3.05, 3.63) is 80.9 Å². The molecule has 0 aliphatic heterocycles. The monoisotopic (exact) mass is 366 g/mol. The molecule has 0 atom stereocenters. The zero-order valence-electron chi connectivity index (χ0n) is 11.5.